The van der Waals surface area contributed by atoms with E-state index in [0.29, 0.717) is 22.8 Å². The average molecular weight is 528 g/mol. The highest BCUT2D eigenvalue weighted by molar-refractivity contribution is 6.13. The van der Waals surface area contributed by atoms with Gasteiger partial charge in [-0.25, -0.2) is 9.79 Å². The molecule has 204 valence electrons. The minimum Gasteiger partial charge on any atom is -0.493 e. The lowest BCUT2D eigenvalue weighted by Gasteiger charge is -2.12. The smallest absolute Gasteiger partial charge is 0.363 e. The van der Waals surface area contributed by atoms with Crippen molar-refractivity contribution in [1.82, 2.24) is 0 Å². The molecule has 6 nitrogen and oxygen atoms in total. The number of carbonyl (C=O) groups excluding carboxylic acids is 1. The molecule has 0 radical (unpaired) electrons. The zero-order valence-corrected chi connectivity index (χ0v) is 23.3. The van der Waals surface area contributed by atoms with E-state index in [1.807, 2.05) is 24.3 Å². The largest absolute Gasteiger partial charge is 0.493 e. The summed E-state index contributed by atoms with van der Waals surface area (Å²) in [6.07, 6.45) is 10.6. The Morgan fingerprint density at radius 2 is 1.31 bits per heavy atom. The normalized spacial score (nSPS) is 13.8. The highest BCUT2D eigenvalue weighted by Crippen LogP contribution is 2.39. The highest BCUT2D eigenvalue weighted by atomic mass is 16.6. The zero-order chi connectivity index (χ0) is 27.6. The summed E-state index contributed by atoms with van der Waals surface area (Å²) in [5.74, 6) is 1.23. The van der Waals surface area contributed by atoms with Gasteiger partial charge in [-0.3, -0.25) is 0 Å². The summed E-state index contributed by atoms with van der Waals surface area (Å²) in [6, 6.07) is 20.2. The van der Waals surface area contributed by atoms with Gasteiger partial charge in [0.2, 0.25) is 11.6 Å². The van der Waals surface area contributed by atoms with E-state index in [2.05, 4.69) is 36.2 Å². The van der Waals surface area contributed by atoms with E-state index in [9.17, 15) is 4.79 Å². The molecule has 39 heavy (non-hydrogen) atoms. The number of nitrogens with zero attached hydrogens (tertiary/aromatic N) is 1. The number of hydrogen-bond donors (Lipinski definition) is 0. The maximum absolute atomic E-state index is 12.6. The van der Waals surface area contributed by atoms with E-state index in [-0.39, 0.29) is 11.6 Å². The number of methoxy groups -OCH3 is 3. The van der Waals surface area contributed by atoms with Crippen LogP contribution in [0.1, 0.15) is 62.1 Å². The molecule has 1 aliphatic rings. The van der Waals surface area contributed by atoms with Gasteiger partial charge in [0.1, 0.15) is 0 Å². The molecule has 3 aromatic carbocycles. The first-order valence-electron chi connectivity index (χ1n) is 13.6. The van der Waals surface area contributed by atoms with Crippen LogP contribution in [0.25, 0.3) is 17.2 Å². The van der Waals surface area contributed by atoms with Crippen LogP contribution in [-0.2, 0) is 16.0 Å². The van der Waals surface area contributed by atoms with Crippen molar-refractivity contribution in [3.63, 3.8) is 0 Å². The molecule has 0 unspecified atom stereocenters. The van der Waals surface area contributed by atoms with Gasteiger partial charge in [0.15, 0.2) is 17.2 Å². The molecule has 0 aromatic heterocycles. The van der Waals surface area contributed by atoms with E-state index < -0.39 is 5.97 Å². The lowest BCUT2D eigenvalue weighted by atomic mass is 10.00. The third-order valence-electron chi connectivity index (χ3n) is 6.85. The standard InChI is InChI=1S/C33H37NO5/c1-5-6-7-8-9-10-11-23-12-14-25(15-13-23)26-16-18-27(19-17-26)32-34-28(33(35)39-32)20-24-21-29(36-2)31(38-4)30(22-24)37-3/h12-22H,5-11H2,1-4H3. The molecule has 0 fully saturated rings. The molecule has 6 heteroatoms. The van der Waals surface area contributed by atoms with Gasteiger partial charge in [-0.2, -0.15) is 0 Å². The van der Waals surface area contributed by atoms with E-state index in [1.54, 1.807) is 39.5 Å². The topological polar surface area (TPSA) is 66.3 Å². The summed E-state index contributed by atoms with van der Waals surface area (Å²) in [5.41, 5.74) is 5.25. The fraction of sp³-hybridized carbons (Fsp3) is 0.333. The average Bonchev–Trinajstić information content (AvgIpc) is 3.34. The summed E-state index contributed by atoms with van der Waals surface area (Å²) in [4.78, 5) is 17.0. The summed E-state index contributed by atoms with van der Waals surface area (Å²) in [6.45, 7) is 2.25. The number of aryl methyl sites for hydroxylation is 1. The number of hydrogen-bond acceptors (Lipinski definition) is 6. The molecule has 0 saturated heterocycles. The first-order valence-corrected chi connectivity index (χ1v) is 13.6. The Labute approximate surface area is 231 Å². The number of carbonyl (C=O) groups is 1. The Morgan fingerprint density at radius 3 is 1.90 bits per heavy atom. The van der Waals surface area contributed by atoms with Crippen molar-refractivity contribution in [2.24, 2.45) is 4.99 Å². The minimum atomic E-state index is -0.510. The van der Waals surface area contributed by atoms with Crippen LogP contribution in [0.4, 0.5) is 0 Å². The molecule has 0 aliphatic carbocycles. The third kappa shape index (κ3) is 7.08. The lowest BCUT2D eigenvalue weighted by Crippen LogP contribution is -2.05. The summed E-state index contributed by atoms with van der Waals surface area (Å²) in [5, 5.41) is 0. The van der Waals surface area contributed by atoms with Crippen molar-refractivity contribution in [2.45, 2.75) is 51.9 Å². The van der Waals surface area contributed by atoms with Crippen LogP contribution in [0.2, 0.25) is 0 Å². The Hall–Kier alpha value is -4.06. The van der Waals surface area contributed by atoms with Crippen molar-refractivity contribution < 1.29 is 23.7 Å². The van der Waals surface area contributed by atoms with Crippen LogP contribution in [0, 0.1) is 0 Å². The number of benzene rings is 3. The van der Waals surface area contributed by atoms with E-state index in [1.165, 1.54) is 44.1 Å². The molecule has 1 aliphatic heterocycles. The highest BCUT2D eigenvalue weighted by Gasteiger charge is 2.25. The molecule has 0 amide bonds. The maximum atomic E-state index is 12.6. The van der Waals surface area contributed by atoms with Crippen molar-refractivity contribution in [1.29, 1.82) is 0 Å². The van der Waals surface area contributed by atoms with Gasteiger partial charge in [0.05, 0.1) is 21.3 Å². The van der Waals surface area contributed by atoms with Crippen LogP contribution in [0.3, 0.4) is 0 Å². The van der Waals surface area contributed by atoms with Gasteiger partial charge in [0, 0.05) is 5.56 Å². The Balaban J connectivity index is 1.43. The van der Waals surface area contributed by atoms with E-state index in [4.69, 9.17) is 18.9 Å². The van der Waals surface area contributed by atoms with Crippen LogP contribution in [-0.4, -0.2) is 33.2 Å². The van der Waals surface area contributed by atoms with Gasteiger partial charge in [-0.05, 0) is 65.4 Å². The Morgan fingerprint density at radius 1 is 0.744 bits per heavy atom. The number of aliphatic imine (C=N–C) groups is 1. The van der Waals surface area contributed by atoms with Crippen LogP contribution in [0.5, 0.6) is 17.2 Å². The van der Waals surface area contributed by atoms with E-state index >= 15 is 0 Å². The van der Waals surface area contributed by atoms with Gasteiger partial charge >= 0.3 is 5.97 Å². The summed E-state index contributed by atoms with van der Waals surface area (Å²) < 4.78 is 21.6. The summed E-state index contributed by atoms with van der Waals surface area (Å²) >= 11 is 0. The number of rotatable bonds is 13. The predicted molar refractivity (Wildman–Crippen MR) is 156 cm³/mol. The van der Waals surface area contributed by atoms with Gasteiger partial charge in [-0.1, -0.05) is 75.4 Å². The van der Waals surface area contributed by atoms with Crippen molar-refractivity contribution in [3.8, 4) is 28.4 Å². The number of unbranched alkanes of at least 4 members (excludes halogenated alkanes) is 5. The van der Waals surface area contributed by atoms with Gasteiger partial charge < -0.3 is 18.9 Å². The van der Waals surface area contributed by atoms with Crippen molar-refractivity contribution in [2.75, 3.05) is 21.3 Å². The first kappa shape index (κ1) is 28.0. The third-order valence-corrected chi connectivity index (χ3v) is 6.85. The number of esters is 1. The molecule has 4 rings (SSSR count). The van der Waals surface area contributed by atoms with Crippen molar-refractivity contribution >= 4 is 17.9 Å². The molecule has 0 N–H and O–H groups in total. The van der Waals surface area contributed by atoms with E-state index in [0.717, 1.165) is 23.1 Å². The second-order valence-corrected chi connectivity index (χ2v) is 9.59. The molecule has 0 saturated carbocycles. The van der Waals surface area contributed by atoms with Crippen LogP contribution < -0.4 is 14.2 Å². The second kappa shape index (κ2) is 13.7. The molecule has 3 aromatic rings. The SMILES string of the molecule is CCCCCCCCc1ccc(-c2ccc(C3=NC(=Cc4cc(OC)c(OC)c(OC)c4)C(=O)O3)cc2)cc1. The zero-order valence-electron chi connectivity index (χ0n) is 23.3. The molecule has 0 bridgehead atoms. The second-order valence-electron chi connectivity index (χ2n) is 9.59. The minimum absolute atomic E-state index is 0.198. The van der Waals surface area contributed by atoms with Crippen LogP contribution in [0.15, 0.2) is 71.4 Å². The molecular formula is C33H37NO5. The molecule has 0 spiro atoms. The Bertz CT molecular complexity index is 1300. The molecule has 1 heterocycles. The number of ether oxygens (including phenoxy) is 4. The van der Waals surface area contributed by atoms with Crippen LogP contribution >= 0.6 is 0 Å². The maximum Gasteiger partial charge on any atom is 0.363 e. The van der Waals surface area contributed by atoms with Gasteiger partial charge in [-0.15, -0.1) is 0 Å². The fourth-order valence-corrected chi connectivity index (χ4v) is 4.65. The fourth-order valence-electron chi connectivity index (χ4n) is 4.65. The molecular weight excluding hydrogens is 490 g/mol. The first-order chi connectivity index (χ1) is 19.1. The predicted octanol–water partition coefficient (Wildman–Crippen LogP) is 7.63. The quantitative estimate of drug-likeness (QED) is 0.130. The molecule has 0 atom stereocenters. The summed E-state index contributed by atoms with van der Waals surface area (Å²) in [7, 11) is 4.63. The number of cyclic esters (lactones) is 1. The Kier molecular flexibility index (Phi) is 9.79. The van der Waals surface area contributed by atoms with Crippen molar-refractivity contribution in [3.05, 3.63) is 83.1 Å². The lowest BCUT2D eigenvalue weighted by molar-refractivity contribution is -0.129. The monoisotopic (exact) mass is 527 g/mol. The van der Waals surface area contributed by atoms with Gasteiger partial charge in [0.25, 0.3) is 0 Å².